The van der Waals surface area contributed by atoms with Gasteiger partial charge in [-0.05, 0) is 36.6 Å². The first-order valence-corrected chi connectivity index (χ1v) is 14.7. The predicted octanol–water partition coefficient (Wildman–Crippen LogP) is 3.89. The van der Waals surface area contributed by atoms with Crippen LogP contribution in [0.5, 0.6) is 0 Å². The molecular formula is C27H32F3N5O6S. The number of carbonyl (C=O) groups is 1. The third-order valence-electron chi connectivity index (χ3n) is 6.90. The van der Waals surface area contributed by atoms with Gasteiger partial charge in [-0.1, -0.05) is 29.4 Å². The summed E-state index contributed by atoms with van der Waals surface area (Å²) in [6, 6.07) is 9.29. The normalized spacial score (nSPS) is 15.0. The van der Waals surface area contributed by atoms with Crippen molar-refractivity contribution >= 4 is 27.7 Å². The molecule has 15 heteroatoms. The topological polar surface area (TPSA) is 147 Å². The number of aromatic nitrogens is 2. The van der Waals surface area contributed by atoms with E-state index in [1.807, 2.05) is 0 Å². The molecule has 228 valence electrons. The van der Waals surface area contributed by atoms with Crippen LogP contribution < -0.4 is 10.6 Å². The van der Waals surface area contributed by atoms with Crippen molar-refractivity contribution in [3.63, 3.8) is 0 Å². The Bertz CT molecular complexity index is 1490. The Labute approximate surface area is 241 Å². The van der Waals surface area contributed by atoms with Crippen LogP contribution in [0.25, 0.3) is 11.1 Å². The Balaban J connectivity index is 1.41. The summed E-state index contributed by atoms with van der Waals surface area (Å²) in [5.74, 6) is -1.23. The van der Waals surface area contributed by atoms with E-state index < -0.39 is 39.1 Å². The highest BCUT2D eigenvalue weighted by Gasteiger charge is 2.51. The van der Waals surface area contributed by atoms with Gasteiger partial charge in [0.05, 0.1) is 19.6 Å². The first kappa shape index (κ1) is 31.4. The van der Waals surface area contributed by atoms with Gasteiger partial charge in [-0.2, -0.15) is 21.6 Å². The van der Waals surface area contributed by atoms with Crippen molar-refractivity contribution in [2.75, 3.05) is 50.0 Å². The van der Waals surface area contributed by atoms with Gasteiger partial charge < -0.3 is 19.9 Å². The largest absolute Gasteiger partial charge is 0.401 e. The van der Waals surface area contributed by atoms with E-state index in [-0.39, 0.29) is 12.2 Å². The molecule has 0 spiro atoms. The summed E-state index contributed by atoms with van der Waals surface area (Å²) >= 11 is 0. The lowest BCUT2D eigenvalue weighted by Gasteiger charge is -2.26. The van der Waals surface area contributed by atoms with Gasteiger partial charge >= 0.3 is 6.18 Å². The van der Waals surface area contributed by atoms with Gasteiger partial charge in [0.25, 0.3) is 10.1 Å². The lowest BCUT2D eigenvalue weighted by molar-refractivity contribution is -0.185. The van der Waals surface area contributed by atoms with Crippen molar-refractivity contribution in [2.45, 2.75) is 37.6 Å². The zero-order chi connectivity index (χ0) is 30.5. The minimum Gasteiger partial charge on any atom is -0.379 e. The van der Waals surface area contributed by atoms with Crippen LogP contribution in [0, 0.1) is 0 Å². The number of hydrogen-bond acceptors (Lipinski definition) is 9. The summed E-state index contributed by atoms with van der Waals surface area (Å²) in [6.07, 6.45) is -3.15. The van der Waals surface area contributed by atoms with Crippen LogP contribution in [0.15, 0.2) is 47.1 Å². The highest BCUT2D eigenvalue weighted by molar-refractivity contribution is 7.85. The molecule has 4 rings (SSSR count). The Morgan fingerprint density at radius 2 is 1.79 bits per heavy atom. The summed E-state index contributed by atoms with van der Waals surface area (Å²) in [5.41, 5.74) is -0.249. The van der Waals surface area contributed by atoms with Crippen LogP contribution in [0.1, 0.15) is 30.7 Å². The molecule has 0 radical (unpaired) electrons. The van der Waals surface area contributed by atoms with E-state index in [1.54, 1.807) is 30.3 Å². The highest BCUT2D eigenvalue weighted by Crippen LogP contribution is 2.41. The summed E-state index contributed by atoms with van der Waals surface area (Å²) in [4.78, 5) is 19.1. The smallest absolute Gasteiger partial charge is 0.379 e. The summed E-state index contributed by atoms with van der Waals surface area (Å²) in [5, 5.41) is 9.13. The van der Waals surface area contributed by atoms with E-state index >= 15 is 0 Å². The van der Waals surface area contributed by atoms with Crippen molar-refractivity contribution in [3.8, 4) is 11.1 Å². The standard InChI is InChI=1S/C27H32F3N5O6S/c1-26(2,27(28,29)30)22-15-24(34-41-22)33-25(36)13-18-3-5-19(6-4-18)21-16-32-23(14-20(21)17-42(37,38)39)31-7-8-35-9-11-40-12-10-35/h3-6,14-16H,7-13,17H2,1-2H3,(H,31,32)(H,33,34,36)(H,37,38,39). The number of pyridine rings is 1. The molecule has 0 bridgehead atoms. The van der Waals surface area contributed by atoms with Gasteiger partial charge in [0.2, 0.25) is 5.91 Å². The van der Waals surface area contributed by atoms with E-state index in [9.17, 15) is 30.9 Å². The fourth-order valence-corrected chi connectivity index (χ4v) is 4.91. The van der Waals surface area contributed by atoms with Gasteiger partial charge in [-0.15, -0.1) is 0 Å². The third kappa shape index (κ3) is 8.27. The molecule has 3 heterocycles. The minimum absolute atomic E-state index is 0.104. The molecule has 0 unspecified atom stereocenters. The number of amides is 1. The van der Waals surface area contributed by atoms with Gasteiger partial charge in [0.1, 0.15) is 17.0 Å². The molecule has 1 amide bonds. The molecule has 11 nitrogen and oxygen atoms in total. The van der Waals surface area contributed by atoms with Crippen molar-refractivity contribution in [3.05, 3.63) is 59.5 Å². The SMILES string of the molecule is CC(C)(c1cc(NC(=O)Cc2ccc(-c3cnc(NCCN4CCOCC4)cc3CS(=O)(=O)O)cc2)no1)C(F)(F)F. The maximum atomic E-state index is 13.2. The number of rotatable bonds is 11. The molecule has 3 N–H and O–H groups in total. The fraction of sp³-hybridized carbons (Fsp3) is 0.444. The van der Waals surface area contributed by atoms with Crippen LogP contribution in [0.4, 0.5) is 24.8 Å². The number of alkyl halides is 3. The van der Waals surface area contributed by atoms with E-state index in [2.05, 4.69) is 25.7 Å². The van der Waals surface area contributed by atoms with Crippen molar-refractivity contribution in [1.29, 1.82) is 0 Å². The number of ether oxygens (including phenoxy) is 1. The molecule has 1 saturated heterocycles. The number of carbonyl (C=O) groups excluding carboxylic acids is 1. The van der Waals surface area contributed by atoms with Crippen molar-refractivity contribution in [1.82, 2.24) is 15.0 Å². The van der Waals surface area contributed by atoms with E-state index in [0.29, 0.717) is 47.8 Å². The van der Waals surface area contributed by atoms with Crippen molar-refractivity contribution in [2.24, 2.45) is 0 Å². The quantitative estimate of drug-likeness (QED) is 0.273. The average molecular weight is 612 g/mol. The number of nitrogens with zero attached hydrogens (tertiary/aromatic N) is 3. The second kappa shape index (κ2) is 12.8. The number of hydrogen-bond donors (Lipinski definition) is 3. The van der Waals surface area contributed by atoms with Crippen LogP contribution in [-0.4, -0.2) is 79.5 Å². The number of halogens is 3. The lowest BCUT2D eigenvalue weighted by atomic mass is 9.89. The first-order valence-electron chi connectivity index (χ1n) is 13.1. The van der Waals surface area contributed by atoms with E-state index in [1.165, 1.54) is 6.20 Å². The summed E-state index contributed by atoms with van der Waals surface area (Å²) < 4.78 is 82.9. The van der Waals surface area contributed by atoms with E-state index in [4.69, 9.17) is 9.26 Å². The molecule has 42 heavy (non-hydrogen) atoms. The third-order valence-corrected chi connectivity index (χ3v) is 7.57. The Morgan fingerprint density at radius 1 is 1.10 bits per heavy atom. The lowest BCUT2D eigenvalue weighted by Crippen LogP contribution is -2.39. The minimum atomic E-state index is -4.56. The van der Waals surface area contributed by atoms with Crippen LogP contribution in [0.3, 0.4) is 0 Å². The number of benzene rings is 1. The van der Waals surface area contributed by atoms with Crippen LogP contribution in [0.2, 0.25) is 0 Å². The maximum absolute atomic E-state index is 13.2. The van der Waals surface area contributed by atoms with Gasteiger partial charge in [-0.25, -0.2) is 4.98 Å². The molecule has 0 aliphatic carbocycles. The van der Waals surface area contributed by atoms with Crippen LogP contribution >= 0.6 is 0 Å². The summed E-state index contributed by atoms with van der Waals surface area (Å²) in [7, 11) is -4.34. The highest BCUT2D eigenvalue weighted by atomic mass is 32.2. The monoisotopic (exact) mass is 611 g/mol. The molecule has 1 fully saturated rings. The zero-order valence-corrected chi connectivity index (χ0v) is 23.9. The molecule has 3 aromatic rings. The first-order chi connectivity index (χ1) is 19.7. The second-order valence-electron chi connectivity index (χ2n) is 10.5. The molecule has 2 aromatic heterocycles. The molecule has 1 aliphatic heterocycles. The fourth-order valence-electron chi connectivity index (χ4n) is 4.28. The molecule has 1 aliphatic rings. The Morgan fingerprint density at radius 3 is 2.43 bits per heavy atom. The van der Waals surface area contributed by atoms with E-state index in [0.717, 1.165) is 39.5 Å². The maximum Gasteiger partial charge on any atom is 0.401 e. The molecule has 0 atom stereocenters. The van der Waals surface area contributed by atoms with Gasteiger partial charge in [0.15, 0.2) is 11.6 Å². The summed E-state index contributed by atoms with van der Waals surface area (Å²) in [6.45, 7) is 6.29. The average Bonchev–Trinajstić information content (AvgIpc) is 3.38. The Kier molecular flexibility index (Phi) is 9.55. The number of anilines is 2. The van der Waals surface area contributed by atoms with Crippen LogP contribution in [-0.2, 0) is 37.2 Å². The molecule has 1 aromatic carbocycles. The Hall–Kier alpha value is -3.53. The second-order valence-corrected chi connectivity index (χ2v) is 11.9. The van der Waals surface area contributed by atoms with Gasteiger partial charge in [0, 0.05) is 44.0 Å². The zero-order valence-electron chi connectivity index (χ0n) is 23.1. The van der Waals surface area contributed by atoms with Gasteiger partial charge in [-0.3, -0.25) is 14.2 Å². The number of morpholine rings is 1. The van der Waals surface area contributed by atoms with Crippen molar-refractivity contribution < 1.29 is 40.2 Å². The molecular weight excluding hydrogens is 579 g/mol. The predicted molar refractivity (Wildman–Crippen MR) is 149 cm³/mol. The molecule has 0 saturated carbocycles. The number of nitrogens with one attached hydrogen (secondary N) is 2.